The van der Waals surface area contributed by atoms with E-state index in [0.717, 1.165) is 17.5 Å². The van der Waals surface area contributed by atoms with Gasteiger partial charge in [-0.1, -0.05) is 60.7 Å². The van der Waals surface area contributed by atoms with Crippen molar-refractivity contribution in [1.29, 1.82) is 0 Å². The first-order chi connectivity index (χ1) is 19.0. The predicted octanol–water partition coefficient (Wildman–Crippen LogP) is 3.45. The molecule has 1 heterocycles. The number of rotatable bonds is 12. The molecule has 1 saturated heterocycles. The molecule has 0 aliphatic carbocycles. The molecular formula is C31H37FN4O3. The molecule has 1 aliphatic heterocycles. The number of carbonyl (C=O) groups is 2. The number of ether oxygens (including phenoxy) is 1. The van der Waals surface area contributed by atoms with Gasteiger partial charge < -0.3 is 26.0 Å². The van der Waals surface area contributed by atoms with Crippen molar-refractivity contribution in [1.82, 2.24) is 15.5 Å². The van der Waals surface area contributed by atoms with Gasteiger partial charge >= 0.3 is 0 Å². The van der Waals surface area contributed by atoms with Crippen LogP contribution in [0.2, 0.25) is 0 Å². The molecule has 0 radical (unpaired) electrons. The molecule has 2 atom stereocenters. The van der Waals surface area contributed by atoms with E-state index in [1.165, 1.54) is 24.3 Å². The van der Waals surface area contributed by atoms with Crippen LogP contribution < -0.4 is 21.1 Å². The Labute approximate surface area is 229 Å². The molecule has 2 amide bonds. The Morgan fingerprint density at radius 3 is 2.28 bits per heavy atom. The Kier molecular flexibility index (Phi) is 10.4. The van der Waals surface area contributed by atoms with Crippen LogP contribution in [0, 0.1) is 5.82 Å². The van der Waals surface area contributed by atoms with Gasteiger partial charge in [0, 0.05) is 31.6 Å². The van der Waals surface area contributed by atoms with E-state index in [9.17, 15) is 14.0 Å². The smallest absolute Gasteiger partial charge is 0.257 e. The van der Waals surface area contributed by atoms with Crippen LogP contribution in [0.1, 0.15) is 36.3 Å². The first-order valence-corrected chi connectivity index (χ1v) is 13.5. The number of nitrogens with two attached hydrogens (primary N) is 1. The minimum Gasteiger partial charge on any atom is -0.484 e. The monoisotopic (exact) mass is 532 g/mol. The van der Waals surface area contributed by atoms with Crippen molar-refractivity contribution in [3.8, 4) is 5.75 Å². The van der Waals surface area contributed by atoms with Crippen LogP contribution in [0.15, 0.2) is 84.9 Å². The maximum absolute atomic E-state index is 13.7. The van der Waals surface area contributed by atoms with E-state index in [2.05, 4.69) is 34.9 Å². The summed E-state index contributed by atoms with van der Waals surface area (Å²) < 4.78 is 18.5. The molecule has 4 N–H and O–H groups in total. The van der Waals surface area contributed by atoms with Crippen molar-refractivity contribution in [2.75, 3.05) is 32.8 Å². The summed E-state index contributed by atoms with van der Waals surface area (Å²) in [7, 11) is 0. The first-order valence-electron chi connectivity index (χ1n) is 13.5. The van der Waals surface area contributed by atoms with Crippen LogP contribution in [0.25, 0.3) is 0 Å². The van der Waals surface area contributed by atoms with E-state index in [1.54, 1.807) is 0 Å². The molecule has 8 heteroatoms. The number of amides is 2. The summed E-state index contributed by atoms with van der Waals surface area (Å²) in [6.45, 7) is 1.85. The fraction of sp³-hybridized carbons (Fsp3) is 0.355. The van der Waals surface area contributed by atoms with Gasteiger partial charge in [-0.15, -0.1) is 0 Å². The van der Waals surface area contributed by atoms with E-state index in [0.29, 0.717) is 44.8 Å². The lowest BCUT2D eigenvalue weighted by Gasteiger charge is -2.29. The van der Waals surface area contributed by atoms with E-state index >= 15 is 0 Å². The molecular weight excluding hydrogens is 495 g/mol. The Morgan fingerprint density at radius 2 is 1.67 bits per heavy atom. The second kappa shape index (κ2) is 14.4. The van der Waals surface area contributed by atoms with Crippen LogP contribution in [-0.2, 0) is 9.59 Å². The summed E-state index contributed by atoms with van der Waals surface area (Å²) in [5.41, 5.74) is 8.10. The lowest BCUT2D eigenvalue weighted by Crippen LogP contribution is -2.49. The summed E-state index contributed by atoms with van der Waals surface area (Å²) in [5, 5.41) is 6.38. The number of benzene rings is 3. The van der Waals surface area contributed by atoms with Gasteiger partial charge in [0.1, 0.15) is 11.6 Å². The van der Waals surface area contributed by atoms with Crippen molar-refractivity contribution in [3.63, 3.8) is 0 Å². The first kappa shape index (κ1) is 28.3. The third-order valence-electron chi connectivity index (χ3n) is 7.03. The predicted molar refractivity (Wildman–Crippen MR) is 150 cm³/mol. The third kappa shape index (κ3) is 8.37. The zero-order chi connectivity index (χ0) is 27.5. The number of carbonyl (C=O) groups excluding carboxylic acids is 2. The van der Waals surface area contributed by atoms with E-state index in [-0.39, 0.29) is 42.2 Å². The fourth-order valence-electron chi connectivity index (χ4n) is 4.91. The normalized spacial score (nSPS) is 17.6. The highest BCUT2D eigenvalue weighted by atomic mass is 19.1. The fourth-order valence-corrected chi connectivity index (χ4v) is 4.91. The SMILES string of the molecule is NCCC[C@@H]1N[C@H](CNC(=O)COc2ccc(F)cc2)CCN(CC(c2ccccc2)c2ccccc2)C1=O. The molecule has 206 valence electrons. The topological polar surface area (TPSA) is 96.7 Å². The average molecular weight is 533 g/mol. The summed E-state index contributed by atoms with van der Waals surface area (Å²) in [6.07, 6.45) is 2.05. The molecule has 0 unspecified atom stereocenters. The average Bonchev–Trinajstić information content (AvgIpc) is 3.12. The van der Waals surface area contributed by atoms with Crippen LogP contribution in [0.4, 0.5) is 4.39 Å². The van der Waals surface area contributed by atoms with Crippen LogP contribution in [0.5, 0.6) is 5.75 Å². The largest absolute Gasteiger partial charge is 0.484 e. The van der Waals surface area contributed by atoms with Gasteiger partial charge in [-0.25, -0.2) is 4.39 Å². The molecule has 39 heavy (non-hydrogen) atoms. The number of nitrogens with zero attached hydrogens (tertiary/aromatic N) is 1. The summed E-state index contributed by atoms with van der Waals surface area (Å²) in [5.74, 6) is -0.105. The van der Waals surface area contributed by atoms with Gasteiger partial charge in [0.15, 0.2) is 6.61 Å². The zero-order valence-electron chi connectivity index (χ0n) is 22.1. The second-order valence-corrected chi connectivity index (χ2v) is 9.84. The van der Waals surface area contributed by atoms with Crippen LogP contribution in [0.3, 0.4) is 0 Å². The van der Waals surface area contributed by atoms with Crippen molar-refractivity contribution in [3.05, 3.63) is 102 Å². The minimum absolute atomic E-state index is 0.0476. The van der Waals surface area contributed by atoms with E-state index in [4.69, 9.17) is 10.5 Å². The van der Waals surface area contributed by atoms with Crippen molar-refractivity contribution in [2.24, 2.45) is 5.73 Å². The van der Waals surface area contributed by atoms with E-state index in [1.807, 2.05) is 41.3 Å². The van der Waals surface area contributed by atoms with Gasteiger partial charge in [0.05, 0.1) is 6.04 Å². The molecule has 1 fully saturated rings. The number of nitrogens with one attached hydrogen (secondary N) is 2. The Balaban J connectivity index is 1.41. The molecule has 0 aromatic heterocycles. The summed E-state index contributed by atoms with van der Waals surface area (Å²) >= 11 is 0. The highest BCUT2D eigenvalue weighted by Gasteiger charge is 2.32. The molecule has 0 bridgehead atoms. The standard InChI is InChI=1S/C31H37FN4O3/c32-25-13-15-27(16-14-25)39-22-30(37)34-20-26-17-19-36(31(38)29(35-26)12-7-18-33)21-28(23-8-3-1-4-9-23)24-10-5-2-6-11-24/h1-6,8-11,13-16,26,28-29,35H,7,12,17-22,33H2,(H,34,37)/t26-,29-/m0/s1. The highest BCUT2D eigenvalue weighted by molar-refractivity contribution is 5.82. The van der Waals surface area contributed by atoms with Gasteiger partial charge in [-0.3, -0.25) is 9.59 Å². The maximum Gasteiger partial charge on any atom is 0.257 e. The number of hydrogen-bond donors (Lipinski definition) is 3. The van der Waals surface area contributed by atoms with Gasteiger partial charge in [0.25, 0.3) is 5.91 Å². The Bertz CT molecular complexity index is 1140. The molecule has 7 nitrogen and oxygen atoms in total. The highest BCUT2D eigenvalue weighted by Crippen LogP contribution is 2.27. The third-order valence-corrected chi connectivity index (χ3v) is 7.03. The minimum atomic E-state index is -0.374. The molecule has 4 rings (SSSR count). The van der Waals surface area contributed by atoms with Crippen molar-refractivity contribution in [2.45, 2.75) is 37.3 Å². The van der Waals surface area contributed by atoms with Gasteiger partial charge in [-0.2, -0.15) is 0 Å². The molecule has 0 spiro atoms. The van der Waals surface area contributed by atoms with Crippen LogP contribution >= 0.6 is 0 Å². The van der Waals surface area contributed by atoms with Gasteiger partial charge in [-0.05, 0) is 61.2 Å². The Hall–Kier alpha value is -3.75. The molecule has 3 aromatic rings. The molecule has 1 aliphatic rings. The molecule has 0 saturated carbocycles. The summed E-state index contributed by atoms with van der Waals surface area (Å²) in [4.78, 5) is 28.1. The zero-order valence-corrected chi connectivity index (χ0v) is 22.1. The van der Waals surface area contributed by atoms with Gasteiger partial charge in [0.2, 0.25) is 5.91 Å². The lowest BCUT2D eigenvalue weighted by molar-refractivity contribution is -0.133. The Morgan fingerprint density at radius 1 is 1.03 bits per heavy atom. The maximum atomic E-state index is 13.7. The van der Waals surface area contributed by atoms with Crippen molar-refractivity contribution >= 4 is 11.8 Å². The number of hydrogen-bond acceptors (Lipinski definition) is 5. The quantitative estimate of drug-likeness (QED) is 0.332. The van der Waals surface area contributed by atoms with Crippen LogP contribution in [-0.4, -0.2) is 61.6 Å². The summed E-state index contributed by atoms with van der Waals surface area (Å²) in [6, 6.07) is 25.6. The van der Waals surface area contributed by atoms with Crippen molar-refractivity contribution < 1.29 is 18.7 Å². The van der Waals surface area contributed by atoms with E-state index < -0.39 is 0 Å². The molecule has 3 aromatic carbocycles. The number of halogens is 1. The lowest BCUT2D eigenvalue weighted by atomic mass is 9.90. The second-order valence-electron chi connectivity index (χ2n) is 9.84.